The van der Waals surface area contributed by atoms with Crippen LogP contribution in [0.1, 0.15) is 29.6 Å². The van der Waals surface area contributed by atoms with E-state index in [1.807, 2.05) is 6.07 Å². The predicted octanol–water partition coefficient (Wildman–Crippen LogP) is 2.39. The second kappa shape index (κ2) is 6.02. The molecule has 1 N–H and O–H groups in total. The molecule has 0 aliphatic heterocycles. The Balaban J connectivity index is 2.47. The first-order valence-electron chi connectivity index (χ1n) is 6.37. The summed E-state index contributed by atoms with van der Waals surface area (Å²) in [5, 5.41) is 18.0. The Morgan fingerprint density at radius 1 is 1.30 bits per heavy atom. The molecule has 0 atom stereocenters. The van der Waals surface area contributed by atoms with Crippen molar-refractivity contribution in [3.8, 4) is 6.07 Å². The maximum absolute atomic E-state index is 12.1. The molecule has 0 unspecified atom stereocenters. The Labute approximate surface area is 115 Å². The van der Waals surface area contributed by atoms with E-state index in [0.29, 0.717) is 18.4 Å². The average molecular weight is 270 g/mol. The number of carbonyl (C=O) groups is 1. The number of hydrogen-bond donors (Lipinski definition) is 1. The van der Waals surface area contributed by atoms with E-state index < -0.39 is 11.4 Å². The topological polar surface area (TPSA) is 83.1 Å². The van der Waals surface area contributed by atoms with E-state index in [2.05, 4.69) is 6.07 Å². The fourth-order valence-corrected chi connectivity index (χ4v) is 2.17. The number of fused-ring (bicyclic) bond motifs is 1. The minimum absolute atomic E-state index is 0.219. The van der Waals surface area contributed by atoms with Crippen LogP contribution in [0.5, 0.6) is 0 Å². The molecule has 0 radical (unpaired) electrons. The van der Waals surface area contributed by atoms with Crippen LogP contribution >= 0.6 is 0 Å². The summed E-state index contributed by atoms with van der Waals surface area (Å²) >= 11 is 0. The number of rotatable bonds is 5. The van der Waals surface area contributed by atoms with Crippen LogP contribution in [0.3, 0.4) is 0 Å². The van der Waals surface area contributed by atoms with Crippen molar-refractivity contribution in [3.63, 3.8) is 0 Å². The number of carboxylic acids is 1. The van der Waals surface area contributed by atoms with Crippen molar-refractivity contribution in [1.82, 2.24) is 4.57 Å². The van der Waals surface area contributed by atoms with Gasteiger partial charge in [0.2, 0.25) is 5.43 Å². The standard InChI is InChI=1S/C15H14N2O3/c16-8-4-1-5-9-17-10-12(15(19)20)14(18)11-6-2-3-7-13(11)17/h2-3,6-7,10H,1,4-5,9H2,(H,19,20). The highest BCUT2D eigenvalue weighted by Crippen LogP contribution is 2.13. The van der Waals surface area contributed by atoms with Gasteiger partial charge in [-0.3, -0.25) is 4.79 Å². The minimum atomic E-state index is -1.22. The predicted molar refractivity (Wildman–Crippen MR) is 74.6 cm³/mol. The summed E-state index contributed by atoms with van der Waals surface area (Å²) in [5.41, 5.74) is 0.0461. The monoisotopic (exact) mass is 270 g/mol. The molecule has 0 aliphatic rings. The SMILES string of the molecule is N#CCCCCn1cc(C(=O)O)c(=O)c2ccccc21. The number of nitriles is 1. The van der Waals surface area contributed by atoms with Gasteiger partial charge < -0.3 is 9.67 Å². The first-order chi connectivity index (χ1) is 9.65. The van der Waals surface area contributed by atoms with Crippen LogP contribution in [0.25, 0.3) is 10.9 Å². The normalized spacial score (nSPS) is 10.3. The van der Waals surface area contributed by atoms with Crippen molar-refractivity contribution < 1.29 is 9.90 Å². The van der Waals surface area contributed by atoms with Crippen LogP contribution in [0.4, 0.5) is 0 Å². The highest BCUT2D eigenvalue weighted by Gasteiger charge is 2.13. The van der Waals surface area contributed by atoms with Crippen molar-refractivity contribution >= 4 is 16.9 Å². The van der Waals surface area contributed by atoms with E-state index in [-0.39, 0.29) is 5.56 Å². The zero-order chi connectivity index (χ0) is 14.5. The number of pyridine rings is 1. The highest BCUT2D eigenvalue weighted by atomic mass is 16.4. The molecule has 0 aliphatic carbocycles. The van der Waals surface area contributed by atoms with E-state index in [4.69, 9.17) is 10.4 Å². The van der Waals surface area contributed by atoms with Crippen LogP contribution in [0, 0.1) is 11.3 Å². The number of carboxylic acid groups (broad SMARTS) is 1. The lowest BCUT2D eigenvalue weighted by molar-refractivity contribution is 0.0695. The molecule has 2 aromatic rings. The summed E-state index contributed by atoms with van der Waals surface area (Å²) < 4.78 is 1.78. The van der Waals surface area contributed by atoms with Gasteiger partial charge >= 0.3 is 5.97 Å². The number of unbranched alkanes of at least 4 members (excludes halogenated alkanes) is 2. The van der Waals surface area contributed by atoms with Crippen molar-refractivity contribution in [2.45, 2.75) is 25.8 Å². The molecule has 0 amide bonds. The van der Waals surface area contributed by atoms with E-state index in [9.17, 15) is 9.59 Å². The second-order valence-electron chi connectivity index (χ2n) is 4.50. The maximum atomic E-state index is 12.1. The molecule has 2 rings (SSSR count). The summed E-state index contributed by atoms with van der Waals surface area (Å²) in [4.78, 5) is 23.2. The fraction of sp³-hybridized carbons (Fsp3) is 0.267. The Kier molecular flexibility index (Phi) is 4.16. The lowest BCUT2D eigenvalue weighted by atomic mass is 10.1. The number of aromatic carboxylic acids is 1. The minimum Gasteiger partial charge on any atom is -0.477 e. The van der Waals surface area contributed by atoms with Gasteiger partial charge in [0.1, 0.15) is 5.56 Å². The molecular formula is C15H14N2O3. The zero-order valence-corrected chi connectivity index (χ0v) is 10.9. The Morgan fingerprint density at radius 2 is 2.05 bits per heavy atom. The number of aryl methyl sites for hydroxylation is 1. The smallest absolute Gasteiger partial charge is 0.341 e. The molecule has 1 aromatic heterocycles. The Morgan fingerprint density at radius 3 is 2.75 bits per heavy atom. The van der Waals surface area contributed by atoms with Crippen LogP contribution in [0.15, 0.2) is 35.3 Å². The first-order valence-corrected chi connectivity index (χ1v) is 6.37. The zero-order valence-electron chi connectivity index (χ0n) is 10.9. The Hall–Kier alpha value is -2.61. The average Bonchev–Trinajstić information content (AvgIpc) is 2.45. The number of aromatic nitrogens is 1. The first kappa shape index (κ1) is 13.8. The van der Waals surface area contributed by atoms with Gasteiger partial charge in [0.05, 0.1) is 11.6 Å². The van der Waals surface area contributed by atoms with Crippen molar-refractivity contribution in [2.75, 3.05) is 0 Å². The van der Waals surface area contributed by atoms with E-state index in [1.165, 1.54) is 6.20 Å². The van der Waals surface area contributed by atoms with E-state index in [0.717, 1.165) is 18.4 Å². The second-order valence-corrected chi connectivity index (χ2v) is 4.50. The van der Waals surface area contributed by atoms with Gasteiger partial charge in [-0.15, -0.1) is 0 Å². The molecule has 0 bridgehead atoms. The lowest BCUT2D eigenvalue weighted by Gasteiger charge is -2.11. The van der Waals surface area contributed by atoms with Crippen molar-refractivity contribution in [2.24, 2.45) is 0 Å². The third-order valence-corrected chi connectivity index (χ3v) is 3.16. The van der Waals surface area contributed by atoms with Crippen LogP contribution < -0.4 is 5.43 Å². The van der Waals surface area contributed by atoms with Gasteiger partial charge in [0, 0.05) is 24.5 Å². The van der Waals surface area contributed by atoms with Crippen molar-refractivity contribution in [1.29, 1.82) is 5.26 Å². The van der Waals surface area contributed by atoms with Gasteiger partial charge in [-0.25, -0.2) is 4.79 Å². The highest BCUT2D eigenvalue weighted by molar-refractivity contribution is 5.92. The third kappa shape index (κ3) is 2.69. The fourth-order valence-electron chi connectivity index (χ4n) is 2.17. The maximum Gasteiger partial charge on any atom is 0.341 e. The van der Waals surface area contributed by atoms with Crippen LogP contribution in [-0.2, 0) is 6.54 Å². The van der Waals surface area contributed by atoms with E-state index in [1.54, 1.807) is 22.8 Å². The van der Waals surface area contributed by atoms with E-state index >= 15 is 0 Å². The van der Waals surface area contributed by atoms with Crippen LogP contribution in [-0.4, -0.2) is 15.6 Å². The molecule has 0 fully saturated rings. The molecule has 0 saturated carbocycles. The number of para-hydroxylation sites is 1. The molecule has 102 valence electrons. The lowest BCUT2D eigenvalue weighted by Crippen LogP contribution is -2.19. The summed E-state index contributed by atoms with van der Waals surface area (Å²) in [7, 11) is 0. The van der Waals surface area contributed by atoms with Gasteiger partial charge in [-0.1, -0.05) is 12.1 Å². The molecule has 0 spiro atoms. The number of nitrogens with zero attached hydrogens (tertiary/aromatic N) is 2. The molecular weight excluding hydrogens is 256 g/mol. The summed E-state index contributed by atoms with van der Waals surface area (Å²) in [6.07, 6.45) is 3.38. The Bertz CT molecular complexity index is 741. The largest absolute Gasteiger partial charge is 0.477 e. The summed E-state index contributed by atoms with van der Waals surface area (Å²) in [6.45, 7) is 0.586. The summed E-state index contributed by atoms with van der Waals surface area (Å²) in [5.74, 6) is -1.22. The molecule has 5 nitrogen and oxygen atoms in total. The summed E-state index contributed by atoms with van der Waals surface area (Å²) in [6, 6.07) is 9.04. The molecule has 0 saturated heterocycles. The number of hydrogen-bond acceptors (Lipinski definition) is 3. The molecule has 20 heavy (non-hydrogen) atoms. The van der Waals surface area contributed by atoms with Gasteiger partial charge in [-0.05, 0) is 25.0 Å². The van der Waals surface area contributed by atoms with Crippen molar-refractivity contribution in [3.05, 3.63) is 46.2 Å². The molecule has 5 heteroatoms. The third-order valence-electron chi connectivity index (χ3n) is 3.16. The van der Waals surface area contributed by atoms with Gasteiger partial charge in [-0.2, -0.15) is 5.26 Å². The molecule has 1 heterocycles. The molecule has 1 aromatic carbocycles. The van der Waals surface area contributed by atoms with Gasteiger partial charge in [0.15, 0.2) is 0 Å². The van der Waals surface area contributed by atoms with Crippen LogP contribution in [0.2, 0.25) is 0 Å². The quantitative estimate of drug-likeness (QED) is 0.845. The number of benzene rings is 1. The van der Waals surface area contributed by atoms with Gasteiger partial charge in [0.25, 0.3) is 0 Å².